The van der Waals surface area contributed by atoms with E-state index in [-0.39, 0.29) is 41.9 Å². The van der Waals surface area contributed by atoms with Gasteiger partial charge >= 0.3 is 0 Å². The van der Waals surface area contributed by atoms with Crippen LogP contribution in [0.4, 0.5) is 0 Å². The third-order valence-corrected chi connectivity index (χ3v) is 8.20. The number of amides is 1. The number of ketones is 1. The van der Waals surface area contributed by atoms with Crippen molar-refractivity contribution in [1.82, 2.24) is 4.90 Å². The predicted molar refractivity (Wildman–Crippen MR) is 123 cm³/mol. The van der Waals surface area contributed by atoms with Crippen LogP contribution in [0.5, 0.6) is 5.75 Å². The van der Waals surface area contributed by atoms with Gasteiger partial charge in [-0.15, -0.1) is 0 Å². The summed E-state index contributed by atoms with van der Waals surface area (Å²) in [6.07, 6.45) is 4.41. The zero-order valence-corrected chi connectivity index (χ0v) is 19.3. The number of ether oxygens (including phenoxy) is 1. The molecule has 1 atom stereocenters. The van der Waals surface area contributed by atoms with Crippen LogP contribution in [0.2, 0.25) is 5.02 Å². The van der Waals surface area contributed by atoms with Gasteiger partial charge in [-0.3, -0.25) is 9.59 Å². The van der Waals surface area contributed by atoms with Crippen LogP contribution in [0.3, 0.4) is 0 Å². The molecule has 1 unspecified atom stereocenters. The zero-order valence-electron chi connectivity index (χ0n) is 17.7. The lowest BCUT2D eigenvalue weighted by molar-refractivity contribution is -0.137. The molecule has 1 aliphatic heterocycles. The van der Waals surface area contributed by atoms with Crippen molar-refractivity contribution < 1.29 is 22.7 Å². The van der Waals surface area contributed by atoms with Gasteiger partial charge in [0.25, 0.3) is 5.91 Å². The fraction of sp³-hybridized carbons (Fsp3) is 0.417. The maximum absolute atomic E-state index is 13.0. The highest BCUT2D eigenvalue weighted by atomic mass is 35.5. The van der Waals surface area contributed by atoms with Gasteiger partial charge in [0.1, 0.15) is 5.75 Å². The minimum absolute atomic E-state index is 0.0384. The van der Waals surface area contributed by atoms with Crippen molar-refractivity contribution in [2.45, 2.75) is 44.2 Å². The average Bonchev–Trinajstić information content (AvgIpc) is 3.43. The maximum Gasteiger partial charge on any atom is 0.261 e. The Morgan fingerprint density at radius 3 is 2.06 bits per heavy atom. The summed E-state index contributed by atoms with van der Waals surface area (Å²) >= 11 is 5.87. The van der Waals surface area contributed by atoms with Gasteiger partial charge in [0.05, 0.1) is 11.5 Å². The molecule has 1 heterocycles. The maximum atomic E-state index is 13.0. The van der Waals surface area contributed by atoms with E-state index < -0.39 is 9.84 Å². The lowest BCUT2D eigenvalue weighted by Crippen LogP contribution is -2.48. The normalized spacial score (nSPS) is 20.2. The quantitative estimate of drug-likeness (QED) is 0.567. The first-order valence-electron chi connectivity index (χ1n) is 10.9. The molecule has 2 aromatic carbocycles. The van der Waals surface area contributed by atoms with Crippen molar-refractivity contribution in [2.75, 3.05) is 18.1 Å². The second-order valence-electron chi connectivity index (χ2n) is 8.45. The van der Waals surface area contributed by atoms with Crippen LogP contribution in [0, 0.1) is 0 Å². The van der Waals surface area contributed by atoms with Crippen molar-refractivity contribution in [3.8, 4) is 5.75 Å². The number of hydrogen-bond donors (Lipinski definition) is 0. The number of hydrogen-bond acceptors (Lipinski definition) is 5. The molecule has 2 aliphatic rings. The number of sulfone groups is 1. The summed E-state index contributed by atoms with van der Waals surface area (Å²) in [6, 6.07) is 13.2. The first-order valence-corrected chi connectivity index (χ1v) is 13.1. The highest BCUT2D eigenvalue weighted by molar-refractivity contribution is 7.91. The fourth-order valence-electron chi connectivity index (χ4n) is 4.57. The number of carbonyl (C=O) groups excluding carboxylic acids is 2. The summed E-state index contributed by atoms with van der Waals surface area (Å²) in [5.74, 6) is 0.352. The summed E-state index contributed by atoms with van der Waals surface area (Å²) in [7, 11) is -3.08. The molecule has 1 amide bonds. The molecule has 6 nitrogen and oxygen atoms in total. The van der Waals surface area contributed by atoms with Gasteiger partial charge < -0.3 is 9.64 Å². The molecule has 170 valence electrons. The number of carbonyl (C=O) groups is 2. The summed E-state index contributed by atoms with van der Waals surface area (Å²) in [5, 5.41) is 0.566. The smallest absolute Gasteiger partial charge is 0.261 e. The van der Waals surface area contributed by atoms with Crippen molar-refractivity contribution in [3.05, 3.63) is 64.7 Å². The monoisotopic (exact) mass is 475 g/mol. The Labute approximate surface area is 193 Å². The second kappa shape index (κ2) is 9.63. The molecule has 2 aromatic rings. The number of halogens is 1. The van der Waals surface area contributed by atoms with E-state index in [2.05, 4.69) is 0 Å². The van der Waals surface area contributed by atoms with Crippen LogP contribution in [0.1, 0.15) is 48.0 Å². The Hall–Kier alpha value is -2.38. The van der Waals surface area contributed by atoms with Crippen molar-refractivity contribution >= 4 is 33.1 Å². The first-order chi connectivity index (χ1) is 15.3. The van der Waals surface area contributed by atoms with E-state index in [0.717, 1.165) is 25.7 Å². The summed E-state index contributed by atoms with van der Waals surface area (Å²) in [6.45, 7) is -0.155. The van der Waals surface area contributed by atoms with Crippen molar-refractivity contribution in [3.63, 3.8) is 0 Å². The summed E-state index contributed by atoms with van der Waals surface area (Å²) < 4.78 is 29.6. The molecular weight excluding hydrogens is 450 g/mol. The van der Waals surface area contributed by atoms with Crippen LogP contribution < -0.4 is 4.74 Å². The molecule has 0 spiro atoms. The van der Waals surface area contributed by atoms with E-state index in [1.807, 2.05) is 0 Å². The minimum atomic E-state index is -3.08. The second-order valence-corrected chi connectivity index (χ2v) is 11.1. The summed E-state index contributed by atoms with van der Waals surface area (Å²) in [4.78, 5) is 27.4. The Kier molecular flexibility index (Phi) is 6.86. The van der Waals surface area contributed by atoms with Crippen LogP contribution in [-0.4, -0.2) is 55.2 Å². The third kappa shape index (κ3) is 5.33. The van der Waals surface area contributed by atoms with Crippen LogP contribution in [-0.2, 0) is 14.6 Å². The molecule has 1 saturated carbocycles. The van der Waals surface area contributed by atoms with Gasteiger partial charge in [-0.25, -0.2) is 8.42 Å². The van der Waals surface area contributed by atoms with Crippen LogP contribution in [0.25, 0.3) is 0 Å². The van der Waals surface area contributed by atoms with Crippen LogP contribution in [0.15, 0.2) is 48.5 Å². The predicted octanol–water partition coefficient (Wildman–Crippen LogP) is 3.91. The van der Waals surface area contributed by atoms with Crippen molar-refractivity contribution in [2.24, 2.45) is 0 Å². The molecule has 0 aromatic heterocycles. The molecule has 4 rings (SSSR count). The molecule has 0 bridgehead atoms. The Bertz CT molecular complexity index is 1080. The van der Waals surface area contributed by atoms with Gasteiger partial charge in [0.15, 0.2) is 22.2 Å². The molecule has 2 fully saturated rings. The van der Waals surface area contributed by atoms with E-state index in [1.54, 1.807) is 53.4 Å². The number of rotatable bonds is 7. The van der Waals surface area contributed by atoms with E-state index >= 15 is 0 Å². The summed E-state index contributed by atoms with van der Waals surface area (Å²) in [5.41, 5.74) is 1.05. The molecule has 1 saturated heterocycles. The van der Waals surface area contributed by atoms with Gasteiger partial charge in [-0.1, -0.05) is 24.4 Å². The van der Waals surface area contributed by atoms with E-state index in [1.165, 1.54) is 0 Å². The first kappa shape index (κ1) is 22.8. The van der Waals surface area contributed by atoms with E-state index in [9.17, 15) is 18.0 Å². The van der Waals surface area contributed by atoms with Gasteiger partial charge in [-0.2, -0.15) is 0 Å². The highest BCUT2D eigenvalue weighted by Crippen LogP contribution is 2.29. The fourth-order valence-corrected chi connectivity index (χ4v) is 6.41. The lowest BCUT2D eigenvalue weighted by atomic mass is 10.0. The standard InChI is InChI=1S/C24H26ClNO5S/c25-19-9-5-17(6-10-19)24(28)18-7-11-22(12-8-18)31-15-23(27)26(20-3-1-2-4-20)21-13-14-32(29,30)16-21/h5-12,20-21H,1-4,13-16H2. The molecule has 1 aliphatic carbocycles. The lowest BCUT2D eigenvalue weighted by Gasteiger charge is -2.34. The molecule has 32 heavy (non-hydrogen) atoms. The molecular formula is C24H26ClNO5S. The Morgan fingerprint density at radius 2 is 1.50 bits per heavy atom. The van der Waals surface area contributed by atoms with Gasteiger partial charge in [0.2, 0.25) is 0 Å². The van der Waals surface area contributed by atoms with E-state index in [4.69, 9.17) is 16.3 Å². The van der Waals surface area contributed by atoms with Crippen LogP contribution >= 0.6 is 11.6 Å². The largest absolute Gasteiger partial charge is 0.484 e. The minimum Gasteiger partial charge on any atom is -0.484 e. The molecule has 0 radical (unpaired) electrons. The van der Waals surface area contributed by atoms with Gasteiger partial charge in [0, 0.05) is 28.2 Å². The number of nitrogens with zero attached hydrogens (tertiary/aromatic N) is 1. The zero-order chi connectivity index (χ0) is 22.7. The molecule has 0 N–H and O–H groups in total. The molecule has 8 heteroatoms. The third-order valence-electron chi connectivity index (χ3n) is 6.19. The Morgan fingerprint density at radius 1 is 0.906 bits per heavy atom. The van der Waals surface area contributed by atoms with Crippen molar-refractivity contribution in [1.29, 1.82) is 0 Å². The number of benzene rings is 2. The van der Waals surface area contributed by atoms with E-state index in [0.29, 0.717) is 28.3 Å². The Balaban J connectivity index is 1.39. The SMILES string of the molecule is O=C(c1ccc(Cl)cc1)c1ccc(OCC(=O)N(C2CCCC2)C2CCS(=O)(=O)C2)cc1. The average molecular weight is 476 g/mol. The topological polar surface area (TPSA) is 80.8 Å². The van der Waals surface area contributed by atoms with Gasteiger partial charge in [-0.05, 0) is 67.8 Å². The highest BCUT2D eigenvalue weighted by Gasteiger charge is 2.39.